The van der Waals surface area contributed by atoms with E-state index in [1.807, 2.05) is 0 Å². The lowest BCUT2D eigenvalue weighted by atomic mass is 9.99. The van der Waals surface area contributed by atoms with Crippen LogP contribution in [0.3, 0.4) is 0 Å². The van der Waals surface area contributed by atoms with Gasteiger partial charge in [-0.1, -0.05) is 0 Å². The third kappa shape index (κ3) is 0.948. The van der Waals surface area contributed by atoms with Crippen molar-refractivity contribution in [2.75, 3.05) is 13.7 Å². The molecule has 0 spiro atoms. The van der Waals surface area contributed by atoms with Crippen LogP contribution in [-0.4, -0.2) is 25.7 Å². The Morgan fingerprint density at radius 3 is 2.73 bits per heavy atom. The van der Waals surface area contributed by atoms with E-state index < -0.39 is 0 Å². The van der Waals surface area contributed by atoms with Gasteiger partial charge in [-0.05, 0) is 25.3 Å². The molecule has 0 aromatic carbocycles. The molecule has 62 valence electrons. The predicted octanol–water partition coefficient (Wildman–Crippen LogP) is 0.157. The molecule has 0 aromatic heterocycles. The van der Waals surface area contributed by atoms with Gasteiger partial charge in [0.25, 0.3) is 0 Å². The van der Waals surface area contributed by atoms with Crippen molar-refractivity contribution in [3.05, 3.63) is 0 Å². The number of piperidine rings is 1. The number of ether oxygens (including phenoxy) is 1. The zero-order valence-electron chi connectivity index (χ0n) is 6.67. The second-order valence-electron chi connectivity index (χ2n) is 3.40. The summed E-state index contributed by atoms with van der Waals surface area (Å²) < 4.78 is 4.74. The fourth-order valence-corrected chi connectivity index (χ4v) is 2.33. The minimum Gasteiger partial charge on any atom is -0.469 e. The van der Waals surface area contributed by atoms with E-state index in [4.69, 9.17) is 4.74 Å². The molecule has 3 atom stereocenters. The van der Waals surface area contributed by atoms with Crippen LogP contribution >= 0.6 is 0 Å². The average molecular weight is 155 g/mol. The summed E-state index contributed by atoms with van der Waals surface area (Å²) in [5.74, 6) is 0.676. The van der Waals surface area contributed by atoms with Crippen molar-refractivity contribution in [1.29, 1.82) is 0 Å². The second kappa shape index (κ2) is 2.48. The van der Waals surface area contributed by atoms with E-state index in [2.05, 4.69) is 5.32 Å². The standard InChI is InChI=1S/C8H13NO2/c1-11-8(10)7-5-2-3-6(7)9-4-5/h5-7,9H,2-4H2,1H3/t5-,6-,7-/m1/s1. The number of fused-ring (bicyclic) bond motifs is 2. The lowest BCUT2D eigenvalue weighted by Crippen LogP contribution is -2.29. The molecule has 0 radical (unpaired) electrons. The maximum atomic E-state index is 11.2. The van der Waals surface area contributed by atoms with E-state index in [0.29, 0.717) is 12.0 Å². The molecule has 2 fully saturated rings. The minimum atomic E-state index is -0.0255. The van der Waals surface area contributed by atoms with Crippen molar-refractivity contribution in [3.63, 3.8) is 0 Å². The molecule has 11 heavy (non-hydrogen) atoms. The highest BCUT2D eigenvalue weighted by atomic mass is 16.5. The highest BCUT2D eigenvalue weighted by Gasteiger charge is 2.46. The summed E-state index contributed by atoms with van der Waals surface area (Å²) in [5.41, 5.74) is 0. The molecule has 0 unspecified atom stereocenters. The first-order chi connectivity index (χ1) is 5.33. The quantitative estimate of drug-likeness (QED) is 0.548. The van der Waals surface area contributed by atoms with Crippen LogP contribution in [0.5, 0.6) is 0 Å². The zero-order chi connectivity index (χ0) is 7.84. The van der Waals surface area contributed by atoms with E-state index in [0.717, 1.165) is 13.0 Å². The van der Waals surface area contributed by atoms with E-state index >= 15 is 0 Å². The van der Waals surface area contributed by atoms with Crippen molar-refractivity contribution < 1.29 is 9.53 Å². The molecular formula is C8H13NO2. The van der Waals surface area contributed by atoms with Gasteiger partial charge in [0.1, 0.15) is 0 Å². The van der Waals surface area contributed by atoms with E-state index in [1.54, 1.807) is 0 Å². The zero-order valence-corrected chi connectivity index (χ0v) is 6.67. The van der Waals surface area contributed by atoms with Gasteiger partial charge in [-0.3, -0.25) is 4.79 Å². The van der Waals surface area contributed by atoms with Crippen LogP contribution in [0.15, 0.2) is 0 Å². The van der Waals surface area contributed by atoms with Crippen LogP contribution in [0.1, 0.15) is 12.8 Å². The number of nitrogens with one attached hydrogen (secondary N) is 1. The Morgan fingerprint density at radius 2 is 2.36 bits per heavy atom. The smallest absolute Gasteiger partial charge is 0.310 e. The molecule has 1 saturated heterocycles. The van der Waals surface area contributed by atoms with Crippen LogP contribution in [0.4, 0.5) is 0 Å². The summed E-state index contributed by atoms with van der Waals surface area (Å²) >= 11 is 0. The third-order valence-electron chi connectivity index (χ3n) is 2.91. The van der Waals surface area contributed by atoms with Crippen molar-refractivity contribution in [2.45, 2.75) is 18.9 Å². The molecule has 0 amide bonds. The minimum absolute atomic E-state index is 0.0255. The van der Waals surface area contributed by atoms with E-state index in [1.165, 1.54) is 13.5 Å². The number of esters is 1. The number of hydrogen-bond donors (Lipinski definition) is 1. The third-order valence-corrected chi connectivity index (χ3v) is 2.91. The molecule has 3 heteroatoms. The van der Waals surface area contributed by atoms with Crippen molar-refractivity contribution >= 4 is 5.97 Å². The summed E-state index contributed by atoms with van der Waals surface area (Å²) in [6.07, 6.45) is 2.34. The fourth-order valence-electron chi connectivity index (χ4n) is 2.33. The van der Waals surface area contributed by atoms with Crippen molar-refractivity contribution in [1.82, 2.24) is 5.32 Å². The van der Waals surface area contributed by atoms with Gasteiger partial charge >= 0.3 is 5.97 Å². The molecule has 2 aliphatic rings. The monoisotopic (exact) mass is 155 g/mol. The Bertz CT molecular complexity index is 161. The van der Waals surface area contributed by atoms with Crippen LogP contribution < -0.4 is 5.32 Å². The molecular weight excluding hydrogens is 142 g/mol. The Morgan fingerprint density at radius 1 is 1.55 bits per heavy atom. The SMILES string of the molecule is COC(=O)[C@@H]1[C@@H]2CC[C@H]1NC2. The van der Waals surface area contributed by atoms with Crippen LogP contribution in [0.25, 0.3) is 0 Å². The van der Waals surface area contributed by atoms with Gasteiger partial charge in [0, 0.05) is 6.04 Å². The summed E-state index contributed by atoms with van der Waals surface area (Å²) in [5, 5.41) is 3.32. The highest BCUT2D eigenvalue weighted by molar-refractivity contribution is 5.74. The summed E-state index contributed by atoms with van der Waals surface area (Å²) in [6.45, 7) is 1.00. The Hall–Kier alpha value is -0.570. The summed E-state index contributed by atoms with van der Waals surface area (Å²) in [7, 11) is 1.47. The number of methoxy groups -OCH3 is 1. The average Bonchev–Trinajstić information content (AvgIpc) is 2.61. The van der Waals surface area contributed by atoms with Gasteiger partial charge in [-0.15, -0.1) is 0 Å². The topological polar surface area (TPSA) is 38.3 Å². The van der Waals surface area contributed by atoms with Gasteiger partial charge < -0.3 is 10.1 Å². The molecule has 1 aliphatic carbocycles. The number of hydrogen-bond acceptors (Lipinski definition) is 3. The Balaban J connectivity index is 2.09. The fraction of sp³-hybridized carbons (Fsp3) is 0.875. The van der Waals surface area contributed by atoms with E-state index in [9.17, 15) is 4.79 Å². The summed E-state index contributed by atoms with van der Waals surface area (Å²) in [6, 6.07) is 0.410. The predicted molar refractivity (Wildman–Crippen MR) is 40.0 cm³/mol. The largest absolute Gasteiger partial charge is 0.469 e. The van der Waals surface area contributed by atoms with Gasteiger partial charge in [0.2, 0.25) is 0 Å². The highest BCUT2D eigenvalue weighted by Crippen LogP contribution is 2.37. The molecule has 1 N–H and O–H groups in total. The van der Waals surface area contributed by atoms with Crippen LogP contribution in [-0.2, 0) is 9.53 Å². The number of carbonyl (C=O) groups excluding carboxylic acids is 1. The molecule has 2 rings (SSSR count). The van der Waals surface area contributed by atoms with Gasteiger partial charge in [-0.25, -0.2) is 0 Å². The molecule has 1 heterocycles. The molecule has 3 nitrogen and oxygen atoms in total. The first kappa shape index (κ1) is 7.10. The maximum Gasteiger partial charge on any atom is 0.310 e. The lowest BCUT2D eigenvalue weighted by molar-refractivity contribution is -0.146. The normalized spacial score (nSPS) is 41.0. The molecule has 2 bridgehead atoms. The lowest BCUT2D eigenvalue weighted by Gasteiger charge is -2.10. The Kier molecular flexibility index (Phi) is 1.60. The summed E-state index contributed by atoms with van der Waals surface area (Å²) in [4.78, 5) is 11.2. The first-order valence-electron chi connectivity index (χ1n) is 4.14. The Labute approximate surface area is 66.1 Å². The van der Waals surface area contributed by atoms with Crippen LogP contribution in [0, 0.1) is 11.8 Å². The first-order valence-corrected chi connectivity index (χ1v) is 4.14. The maximum absolute atomic E-state index is 11.2. The second-order valence-corrected chi connectivity index (χ2v) is 3.40. The molecule has 1 aliphatic heterocycles. The number of rotatable bonds is 1. The van der Waals surface area contributed by atoms with Crippen LogP contribution in [0.2, 0.25) is 0 Å². The molecule has 1 saturated carbocycles. The van der Waals surface area contributed by atoms with Gasteiger partial charge in [0.15, 0.2) is 0 Å². The molecule has 0 aromatic rings. The number of carbonyl (C=O) groups is 1. The van der Waals surface area contributed by atoms with E-state index in [-0.39, 0.29) is 11.9 Å². The van der Waals surface area contributed by atoms with Crippen molar-refractivity contribution in [2.24, 2.45) is 11.8 Å². The van der Waals surface area contributed by atoms with Gasteiger partial charge in [0.05, 0.1) is 13.0 Å². The van der Waals surface area contributed by atoms with Gasteiger partial charge in [-0.2, -0.15) is 0 Å². The van der Waals surface area contributed by atoms with Crippen molar-refractivity contribution in [3.8, 4) is 0 Å².